The van der Waals surface area contributed by atoms with Gasteiger partial charge in [0.25, 0.3) is 5.56 Å². The molecule has 0 unspecified atom stereocenters. The molecule has 3 rings (SSSR count). The van der Waals surface area contributed by atoms with E-state index in [1.807, 2.05) is 0 Å². The van der Waals surface area contributed by atoms with E-state index in [1.54, 1.807) is 42.0 Å². The van der Waals surface area contributed by atoms with Crippen LogP contribution in [-0.4, -0.2) is 34.8 Å². The summed E-state index contributed by atoms with van der Waals surface area (Å²) in [6.45, 7) is -0.144. The molecule has 0 bridgehead atoms. The Kier molecular flexibility index (Phi) is 5.38. The minimum atomic E-state index is -0.450. The van der Waals surface area contributed by atoms with E-state index >= 15 is 0 Å². The lowest BCUT2D eigenvalue weighted by atomic mass is 10.2. The molecule has 0 fully saturated rings. The van der Waals surface area contributed by atoms with Crippen molar-refractivity contribution < 1.29 is 14.3 Å². The van der Waals surface area contributed by atoms with Crippen molar-refractivity contribution in [2.45, 2.75) is 11.7 Å². The van der Waals surface area contributed by atoms with E-state index in [4.69, 9.17) is 0 Å². The van der Waals surface area contributed by atoms with Gasteiger partial charge in [0.2, 0.25) is 5.91 Å². The molecule has 1 N–H and O–H groups in total. The molecule has 134 valence electrons. The number of rotatable bonds is 5. The highest BCUT2D eigenvalue weighted by Crippen LogP contribution is 2.19. The van der Waals surface area contributed by atoms with Crippen LogP contribution in [0.15, 0.2) is 45.7 Å². The van der Waals surface area contributed by atoms with Crippen LogP contribution in [0.3, 0.4) is 0 Å². The molecule has 0 aliphatic carbocycles. The molecule has 0 radical (unpaired) electrons. The fraction of sp³-hybridized carbons (Fsp3) is 0.176. The molecule has 3 aromatic rings. The Morgan fingerprint density at radius 3 is 2.65 bits per heavy atom. The first kappa shape index (κ1) is 18.2. The first-order valence-electron chi connectivity index (χ1n) is 7.53. The second kappa shape index (κ2) is 7.71. The van der Waals surface area contributed by atoms with Gasteiger partial charge in [0.15, 0.2) is 5.16 Å². The van der Waals surface area contributed by atoms with Crippen LogP contribution in [0.5, 0.6) is 0 Å². The van der Waals surface area contributed by atoms with Crippen LogP contribution in [0.25, 0.3) is 10.2 Å². The zero-order valence-electron chi connectivity index (χ0n) is 14.0. The van der Waals surface area contributed by atoms with Crippen LogP contribution in [0.4, 0.5) is 5.69 Å². The monoisotopic (exact) mass is 389 g/mol. The van der Waals surface area contributed by atoms with Crippen LogP contribution >= 0.6 is 23.1 Å². The van der Waals surface area contributed by atoms with Gasteiger partial charge in [-0.25, -0.2) is 9.78 Å². The molecule has 0 saturated heterocycles. The summed E-state index contributed by atoms with van der Waals surface area (Å²) in [7, 11) is 1.30. The fourth-order valence-corrected chi connectivity index (χ4v) is 3.71. The quantitative estimate of drug-likeness (QED) is 0.410. The summed E-state index contributed by atoms with van der Waals surface area (Å²) in [6, 6.07) is 8.10. The number of hydrogen-bond acceptors (Lipinski definition) is 7. The third-order valence-electron chi connectivity index (χ3n) is 3.60. The van der Waals surface area contributed by atoms with Crippen molar-refractivity contribution in [3.8, 4) is 0 Å². The van der Waals surface area contributed by atoms with Gasteiger partial charge >= 0.3 is 5.97 Å². The Labute approximate surface area is 157 Å². The van der Waals surface area contributed by atoms with Gasteiger partial charge in [0, 0.05) is 5.69 Å². The number of thiophene rings is 1. The largest absolute Gasteiger partial charge is 0.465 e. The summed E-state index contributed by atoms with van der Waals surface area (Å²) in [5.74, 6) is -0.805. The van der Waals surface area contributed by atoms with Crippen molar-refractivity contribution in [3.63, 3.8) is 0 Å². The predicted octanol–water partition coefficient (Wildman–Crippen LogP) is 2.61. The van der Waals surface area contributed by atoms with Crippen LogP contribution < -0.4 is 10.9 Å². The average molecular weight is 389 g/mol. The number of hydrogen-bond donors (Lipinski definition) is 1. The Hall–Kier alpha value is -2.65. The van der Waals surface area contributed by atoms with Crippen LogP contribution in [-0.2, 0) is 16.1 Å². The van der Waals surface area contributed by atoms with Crippen LogP contribution in [0.2, 0.25) is 0 Å². The van der Waals surface area contributed by atoms with Crippen LogP contribution in [0, 0.1) is 0 Å². The first-order valence-corrected chi connectivity index (χ1v) is 9.64. The van der Waals surface area contributed by atoms with Crippen LogP contribution in [0.1, 0.15) is 10.4 Å². The zero-order valence-corrected chi connectivity index (χ0v) is 15.6. The smallest absolute Gasteiger partial charge is 0.337 e. The third-order valence-corrected chi connectivity index (χ3v) is 5.17. The third kappa shape index (κ3) is 3.63. The number of methoxy groups -OCH3 is 1. The number of nitrogens with zero attached hydrogens (tertiary/aromatic N) is 2. The lowest BCUT2D eigenvalue weighted by molar-refractivity contribution is -0.116. The molecular weight excluding hydrogens is 374 g/mol. The van der Waals surface area contributed by atoms with Gasteiger partial charge in [-0.1, -0.05) is 11.8 Å². The van der Waals surface area contributed by atoms with Gasteiger partial charge < -0.3 is 10.1 Å². The first-order chi connectivity index (χ1) is 12.5. The molecule has 0 aliphatic heterocycles. The van der Waals surface area contributed by atoms with E-state index in [0.717, 1.165) is 0 Å². The molecule has 1 aromatic carbocycles. The fourth-order valence-electron chi connectivity index (χ4n) is 2.37. The molecule has 2 aromatic heterocycles. The van der Waals surface area contributed by atoms with Crippen molar-refractivity contribution in [3.05, 3.63) is 51.6 Å². The average Bonchev–Trinajstić information content (AvgIpc) is 3.12. The number of amides is 1. The number of fused-ring (bicyclic) bond motifs is 1. The molecule has 1 amide bonds. The molecule has 2 heterocycles. The molecule has 26 heavy (non-hydrogen) atoms. The van der Waals surface area contributed by atoms with Crippen molar-refractivity contribution in [2.24, 2.45) is 0 Å². The minimum absolute atomic E-state index is 0.144. The molecule has 9 heteroatoms. The van der Waals surface area contributed by atoms with E-state index in [9.17, 15) is 14.4 Å². The Morgan fingerprint density at radius 2 is 2.00 bits per heavy atom. The number of carbonyl (C=O) groups is 2. The molecule has 0 spiro atoms. The lowest BCUT2D eigenvalue weighted by Crippen LogP contribution is -2.29. The maximum absolute atomic E-state index is 12.6. The second-order valence-corrected chi connectivity index (χ2v) is 6.93. The predicted molar refractivity (Wildman–Crippen MR) is 102 cm³/mol. The van der Waals surface area contributed by atoms with E-state index in [0.29, 0.717) is 26.6 Å². The van der Waals surface area contributed by atoms with E-state index in [-0.39, 0.29) is 18.0 Å². The number of esters is 1. The number of anilines is 1. The number of thioether (sulfide) groups is 1. The van der Waals surface area contributed by atoms with Crippen molar-refractivity contribution in [1.82, 2.24) is 9.55 Å². The van der Waals surface area contributed by atoms with Gasteiger partial charge in [-0.3, -0.25) is 14.2 Å². The summed E-state index contributed by atoms with van der Waals surface area (Å²) in [6.07, 6.45) is 1.81. The maximum Gasteiger partial charge on any atom is 0.337 e. The maximum atomic E-state index is 12.6. The lowest BCUT2D eigenvalue weighted by Gasteiger charge is -2.11. The summed E-state index contributed by atoms with van der Waals surface area (Å²) < 4.78 is 6.52. The molecule has 0 aliphatic rings. The summed E-state index contributed by atoms with van der Waals surface area (Å²) in [4.78, 5) is 40.8. The molecule has 0 saturated carbocycles. The number of carbonyl (C=O) groups excluding carboxylic acids is 2. The molecule has 7 nitrogen and oxygen atoms in total. The van der Waals surface area contributed by atoms with Crippen molar-refractivity contribution in [1.29, 1.82) is 0 Å². The highest BCUT2D eigenvalue weighted by molar-refractivity contribution is 7.98. The molecule has 0 atom stereocenters. The summed E-state index contributed by atoms with van der Waals surface area (Å²) in [5.41, 5.74) is 1.32. The van der Waals surface area contributed by atoms with Crippen molar-refractivity contribution >= 4 is 50.9 Å². The van der Waals surface area contributed by atoms with Gasteiger partial charge in [0.1, 0.15) is 11.2 Å². The van der Waals surface area contributed by atoms with Gasteiger partial charge in [-0.05, 0) is 42.0 Å². The van der Waals surface area contributed by atoms with Gasteiger partial charge in [0.05, 0.1) is 18.2 Å². The number of ether oxygens (including phenoxy) is 1. The topological polar surface area (TPSA) is 90.3 Å². The van der Waals surface area contributed by atoms with E-state index in [1.165, 1.54) is 34.8 Å². The van der Waals surface area contributed by atoms with Gasteiger partial charge in [-0.15, -0.1) is 11.3 Å². The molecular formula is C17H15N3O4S2. The standard InChI is InChI=1S/C17H15N3O4S2/c1-24-16(23)10-3-5-11(6-4-10)18-13(21)9-20-15(22)14-12(7-8-26-14)19-17(20)25-2/h3-8H,9H2,1-2H3,(H,18,21). The second-order valence-electron chi connectivity index (χ2n) is 5.24. The SMILES string of the molecule is COC(=O)c1ccc(NC(=O)Cn2c(SC)nc3ccsc3c2=O)cc1. The normalized spacial score (nSPS) is 10.7. The van der Waals surface area contributed by atoms with E-state index in [2.05, 4.69) is 15.0 Å². The highest BCUT2D eigenvalue weighted by Gasteiger charge is 2.14. The Morgan fingerprint density at radius 1 is 1.27 bits per heavy atom. The highest BCUT2D eigenvalue weighted by atomic mass is 32.2. The Bertz CT molecular complexity index is 1020. The zero-order chi connectivity index (χ0) is 18.7. The minimum Gasteiger partial charge on any atom is -0.465 e. The van der Waals surface area contributed by atoms with E-state index < -0.39 is 5.97 Å². The van der Waals surface area contributed by atoms with Gasteiger partial charge in [-0.2, -0.15) is 0 Å². The Balaban J connectivity index is 1.80. The summed E-state index contributed by atoms with van der Waals surface area (Å²) in [5, 5.41) is 5.00. The number of benzene rings is 1. The summed E-state index contributed by atoms with van der Waals surface area (Å²) >= 11 is 2.61. The number of nitrogens with one attached hydrogen (secondary N) is 1. The van der Waals surface area contributed by atoms with Crippen molar-refractivity contribution in [2.75, 3.05) is 18.7 Å². The number of aromatic nitrogens is 2.